The maximum Gasteiger partial charge on any atom is 0.238 e. The lowest BCUT2D eigenvalue weighted by Gasteiger charge is -2.29. The van der Waals surface area contributed by atoms with E-state index >= 15 is 0 Å². The average Bonchev–Trinajstić information content (AvgIpc) is 3.31. The summed E-state index contributed by atoms with van der Waals surface area (Å²) >= 11 is 0. The molecular weight excluding hydrogens is 777 g/mol. The standard InChI is InChI=1S/C60H50N4/c1-38-34-40(3)54(41(4)35-38)57(55-42(5)36-39(2)37-43(55)6)47-28-31-49(32-29-47)64(53-33-30-45-19-14-16-26-51(45)56(53)46-20-9-7-10-21-46)60-62-58(48-22-11-8-12-23-48)61-59(63-60)52-27-17-24-44-18-13-15-25-50(44)52/h7-37,57H,1-6H3. The Kier molecular flexibility index (Phi) is 10.7. The summed E-state index contributed by atoms with van der Waals surface area (Å²) in [7, 11) is 0. The summed E-state index contributed by atoms with van der Waals surface area (Å²) in [5, 5.41) is 4.52. The van der Waals surface area contributed by atoms with Crippen molar-refractivity contribution in [1.29, 1.82) is 0 Å². The van der Waals surface area contributed by atoms with E-state index in [1.165, 1.54) is 50.1 Å². The van der Waals surface area contributed by atoms with E-state index in [0.29, 0.717) is 17.6 Å². The zero-order valence-electron chi connectivity index (χ0n) is 37.3. The summed E-state index contributed by atoms with van der Waals surface area (Å²) in [5.41, 5.74) is 17.7. The molecule has 10 aromatic rings. The molecule has 9 aromatic carbocycles. The van der Waals surface area contributed by atoms with Gasteiger partial charge >= 0.3 is 0 Å². The number of anilines is 3. The Hall–Kier alpha value is -7.69. The number of fused-ring (bicyclic) bond motifs is 2. The molecule has 4 heteroatoms. The molecule has 0 N–H and O–H groups in total. The molecule has 0 fully saturated rings. The zero-order chi connectivity index (χ0) is 43.9. The Balaban J connectivity index is 1.25. The fourth-order valence-electron chi connectivity index (χ4n) is 10.0. The van der Waals surface area contributed by atoms with Crippen molar-refractivity contribution < 1.29 is 0 Å². The summed E-state index contributed by atoms with van der Waals surface area (Å²) in [6.07, 6.45) is 0. The molecule has 1 aromatic heterocycles. The lowest BCUT2D eigenvalue weighted by atomic mass is 9.77. The van der Waals surface area contributed by atoms with Crippen LogP contribution in [-0.2, 0) is 0 Å². The Morgan fingerprint density at radius 1 is 0.406 bits per heavy atom. The van der Waals surface area contributed by atoms with Crippen LogP contribution in [0.25, 0.3) is 55.4 Å². The van der Waals surface area contributed by atoms with Crippen LogP contribution in [0.3, 0.4) is 0 Å². The second kappa shape index (κ2) is 16.9. The normalized spacial score (nSPS) is 11.4. The summed E-state index contributed by atoms with van der Waals surface area (Å²) in [5.74, 6) is 1.78. The molecule has 0 radical (unpaired) electrons. The van der Waals surface area contributed by atoms with Crippen LogP contribution >= 0.6 is 0 Å². The van der Waals surface area contributed by atoms with Crippen molar-refractivity contribution >= 4 is 38.9 Å². The third kappa shape index (κ3) is 7.52. The number of rotatable bonds is 9. The van der Waals surface area contributed by atoms with Crippen LogP contribution in [0.15, 0.2) is 188 Å². The van der Waals surface area contributed by atoms with Gasteiger partial charge in [-0.1, -0.05) is 181 Å². The van der Waals surface area contributed by atoms with Gasteiger partial charge in [-0.3, -0.25) is 4.90 Å². The number of aromatic nitrogens is 3. The Morgan fingerprint density at radius 3 is 1.52 bits per heavy atom. The van der Waals surface area contributed by atoms with E-state index in [2.05, 4.69) is 216 Å². The van der Waals surface area contributed by atoms with Crippen molar-refractivity contribution in [3.8, 4) is 33.9 Å². The van der Waals surface area contributed by atoms with E-state index in [-0.39, 0.29) is 5.92 Å². The molecule has 1 heterocycles. The summed E-state index contributed by atoms with van der Waals surface area (Å²) in [6, 6.07) is 67.2. The molecule has 10 rings (SSSR count). The second-order valence-corrected chi connectivity index (χ2v) is 17.2. The summed E-state index contributed by atoms with van der Waals surface area (Å²) in [4.78, 5) is 18.3. The van der Waals surface area contributed by atoms with Crippen LogP contribution in [0.5, 0.6) is 0 Å². The van der Waals surface area contributed by atoms with Crippen molar-refractivity contribution in [2.75, 3.05) is 4.90 Å². The van der Waals surface area contributed by atoms with Crippen molar-refractivity contribution in [3.05, 3.63) is 238 Å². The molecule has 0 spiro atoms. The molecule has 0 saturated heterocycles. The van der Waals surface area contributed by atoms with Gasteiger partial charge in [0.25, 0.3) is 0 Å². The molecule has 0 unspecified atom stereocenters. The van der Waals surface area contributed by atoms with Crippen molar-refractivity contribution in [2.45, 2.75) is 47.5 Å². The number of aryl methyl sites for hydroxylation is 6. The van der Waals surface area contributed by atoms with E-state index in [1.807, 2.05) is 18.2 Å². The second-order valence-electron chi connectivity index (χ2n) is 17.2. The predicted octanol–water partition coefficient (Wildman–Crippen LogP) is 15.7. The first-order valence-corrected chi connectivity index (χ1v) is 22.1. The fraction of sp³-hybridized carbons (Fsp3) is 0.117. The van der Waals surface area contributed by atoms with Gasteiger partial charge < -0.3 is 0 Å². The average molecular weight is 827 g/mol. The van der Waals surface area contributed by atoms with Gasteiger partial charge in [0.2, 0.25) is 5.95 Å². The third-order valence-corrected chi connectivity index (χ3v) is 12.6. The van der Waals surface area contributed by atoms with Gasteiger partial charge in [0, 0.05) is 28.3 Å². The van der Waals surface area contributed by atoms with Crippen molar-refractivity contribution in [2.24, 2.45) is 0 Å². The first kappa shape index (κ1) is 40.4. The quantitative estimate of drug-likeness (QED) is 0.136. The topological polar surface area (TPSA) is 41.9 Å². The minimum Gasteiger partial charge on any atom is -0.278 e. The highest BCUT2D eigenvalue weighted by molar-refractivity contribution is 6.05. The molecule has 0 aliphatic rings. The van der Waals surface area contributed by atoms with Crippen molar-refractivity contribution in [3.63, 3.8) is 0 Å². The van der Waals surface area contributed by atoms with Gasteiger partial charge in [-0.2, -0.15) is 9.97 Å². The van der Waals surface area contributed by atoms with E-state index in [9.17, 15) is 0 Å². The van der Waals surface area contributed by atoms with Crippen molar-refractivity contribution in [1.82, 2.24) is 15.0 Å². The smallest absolute Gasteiger partial charge is 0.238 e. The molecule has 0 amide bonds. The van der Waals surface area contributed by atoms with Gasteiger partial charge in [-0.05, 0) is 126 Å². The lowest BCUT2D eigenvalue weighted by Crippen LogP contribution is -2.17. The Labute approximate surface area is 376 Å². The first-order valence-electron chi connectivity index (χ1n) is 22.1. The molecule has 0 bridgehead atoms. The Morgan fingerprint density at radius 2 is 0.906 bits per heavy atom. The molecule has 4 nitrogen and oxygen atoms in total. The highest BCUT2D eigenvalue weighted by Gasteiger charge is 2.27. The van der Waals surface area contributed by atoms with Crippen LogP contribution in [0.1, 0.15) is 56.0 Å². The minimum absolute atomic E-state index is 0.0315. The monoisotopic (exact) mass is 826 g/mol. The number of hydrogen-bond donors (Lipinski definition) is 0. The molecule has 0 atom stereocenters. The number of benzene rings is 9. The molecule has 0 aliphatic carbocycles. The highest BCUT2D eigenvalue weighted by atomic mass is 15.3. The highest BCUT2D eigenvalue weighted by Crippen LogP contribution is 2.46. The van der Waals surface area contributed by atoms with Gasteiger partial charge in [0.05, 0.1) is 5.69 Å². The number of nitrogens with zero attached hydrogens (tertiary/aromatic N) is 4. The Bertz CT molecular complexity index is 3230. The zero-order valence-corrected chi connectivity index (χ0v) is 37.3. The molecule has 64 heavy (non-hydrogen) atoms. The lowest BCUT2D eigenvalue weighted by molar-refractivity contribution is 0.919. The maximum absolute atomic E-state index is 5.47. The fourth-order valence-corrected chi connectivity index (χ4v) is 10.0. The third-order valence-electron chi connectivity index (χ3n) is 12.6. The molecule has 0 saturated carbocycles. The van der Waals surface area contributed by atoms with Crippen LogP contribution in [0, 0.1) is 41.5 Å². The number of hydrogen-bond acceptors (Lipinski definition) is 4. The molecule has 0 aliphatic heterocycles. The van der Waals surface area contributed by atoms with Gasteiger partial charge in [-0.25, -0.2) is 4.98 Å². The maximum atomic E-state index is 5.47. The van der Waals surface area contributed by atoms with Crippen LogP contribution in [-0.4, -0.2) is 15.0 Å². The summed E-state index contributed by atoms with van der Waals surface area (Å²) < 4.78 is 0. The predicted molar refractivity (Wildman–Crippen MR) is 268 cm³/mol. The molecule has 310 valence electrons. The van der Waals surface area contributed by atoms with E-state index in [1.54, 1.807) is 0 Å². The van der Waals surface area contributed by atoms with Gasteiger partial charge in [-0.15, -0.1) is 0 Å². The van der Waals surface area contributed by atoms with Gasteiger partial charge in [0.1, 0.15) is 0 Å². The van der Waals surface area contributed by atoms with Crippen LogP contribution < -0.4 is 4.90 Å². The minimum atomic E-state index is 0.0315. The van der Waals surface area contributed by atoms with Crippen LogP contribution in [0.2, 0.25) is 0 Å². The van der Waals surface area contributed by atoms with Gasteiger partial charge in [0.15, 0.2) is 11.6 Å². The first-order chi connectivity index (χ1) is 31.2. The largest absolute Gasteiger partial charge is 0.278 e. The van der Waals surface area contributed by atoms with E-state index < -0.39 is 0 Å². The van der Waals surface area contributed by atoms with Crippen LogP contribution in [0.4, 0.5) is 17.3 Å². The SMILES string of the molecule is Cc1cc(C)c(C(c2ccc(N(c3nc(-c4ccccc4)nc(-c4cccc5ccccc45)n3)c3ccc4ccccc4c3-c3ccccc3)cc2)c2c(C)cc(C)cc2C)c(C)c1. The van der Waals surface area contributed by atoms with E-state index in [4.69, 9.17) is 15.0 Å². The molecular formula is C60H50N4. The summed E-state index contributed by atoms with van der Waals surface area (Å²) in [6.45, 7) is 13.4. The van der Waals surface area contributed by atoms with E-state index in [0.717, 1.165) is 55.2 Å².